The Hall–Kier alpha value is -1.00. The molecule has 164 valence electrons. The van der Waals surface area contributed by atoms with Crippen molar-refractivity contribution >= 4 is 20.3 Å². The minimum absolute atomic E-state index is 0.112. The molecule has 0 spiro atoms. The monoisotopic (exact) mass is 417 g/mol. The smallest absolute Gasteiger partial charge is 0.310 e. The molecule has 0 aromatic carbocycles. The van der Waals surface area contributed by atoms with Gasteiger partial charge in [-0.05, 0) is 37.0 Å². The predicted octanol–water partition coefficient (Wildman–Crippen LogP) is 4.98. The molecule has 0 heterocycles. The molecule has 0 aliphatic carbocycles. The third-order valence-electron chi connectivity index (χ3n) is 5.57. The van der Waals surface area contributed by atoms with Crippen LogP contribution in [0, 0.1) is 23.7 Å². The molecule has 0 aliphatic heterocycles. The molecular weight excluding hydrogens is 377 g/mol. The molecule has 0 rings (SSSR count). The van der Waals surface area contributed by atoms with E-state index in [0.717, 1.165) is 18.8 Å². The van der Waals surface area contributed by atoms with Crippen molar-refractivity contribution in [3.8, 4) is 0 Å². The van der Waals surface area contributed by atoms with Gasteiger partial charge < -0.3 is 15.9 Å². The summed E-state index contributed by atoms with van der Waals surface area (Å²) in [4.78, 5) is 22.4. The lowest BCUT2D eigenvalue weighted by atomic mass is 9.88. The van der Waals surface area contributed by atoms with E-state index >= 15 is 0 Å². The van der Waals surface area contributed by atoms with Crippen molar-refractivity contribution in [2.75, 3.05) is 0 Å². The van der Waals surface area contributed by atoms with E-state index in [1.54, 1.807) is 0 Å². The predicted molar refractivity (Wildman–Crippen MR) is 112 cm³/mol. The highest BCUT2D eigenvalue weighted by atomic mass is 31.1. The summed E-state index contributed by atoms with van der Waals surface area (Å²) in [5.41, 5.74) is 5.08. The summed E-state index contributed by atoms with van der Waals surface area (Å²) in [6, 6.07) is 0. The number of nitrogens with two attached hydrogens (primary N) is 1. The highest BCUT2D eigenvalue weighted by molar-refractivity contribution is 7.25. The molecule has 7 heteroatoms. The Labute approximate surface area is 171 Å². The molecular formula is C21H40NO5P. The third-order valence-corrected chi connectivity index (χ3v) is 6.42. The van der Waals surface area contributed by atoms with E-state index in [2.05, 4.69) is 27.7 Å². The first-order valence-electron chi connectivity index (χ1n) is 10.6. The number of carboxylic acid groups (broad SMARTS) is 1. The molecule has 4 N–H and O–H groups in total. The summed E-state index contributed by atoms with van der Waals surface area (Å²) in [7, 11) is -0.619. The van der Waals surface area contributed by atoms with Crippen LogP contribution in [-0.2, 0) is 14.2 Å². The van der Waals surface area contributed by atoms with Crippen LogP contribution < -0.4 is 5.73 Å². The Kier molecular flexibility index (Phi) is 13.6. The standard InChI is InChI=1S/C21H40NO5P/c1-15(2)7-5-8-16(3)9-6-10-17(4)13-14-21(26,28-27)18(20(24)25)11-12-19(22)23/h15-18,26H,5-14H2,1-4H3,(H2,22,23)(H,24,25). The molecule has 0 saturated carbocycles. The lowest BCUT2D eigenvalue weighted by Gasteiger charge is -2.28. The zero-order valence-corrected chi connectivity index (χ0v) is 18.9. The number of amides is 1. The number of carbonyl (C=O) groups excluding carboxylic acids is 1. The van der Waals surface area contributed by atoms with Crippen molar-refractivity contribution in [3.05, 3.63) is 0 Å². The van der Waals surface area contributed by atoms with Crippen LogP contribution in [-0.4, -0.2) is 27.4 Å². The number of rotatable bonds is 17. The van der Waals surface area contributed by atoms with E-state index < -0.39 is 31.6 Å². The van der Waals surface area contributed by atoms with Crippen molar-refractivity contribution in [1.29, 1.82) is 0 Å². The lowest BCUT2D eigenvalue weighted by molar-refractivity contribution is -0.148. The summed E-state index contributed by atoms with van der Waals surface area (Å²) in [6.45, 7) is 8.86. The Bertz CT molecular complexity index is 485. The van der Waals surface area contributed by atoms with Crippen LogP contribution in [0.3, 0.4) is 0 Å². The van der Waals surface area contributed by atoms with Crippen LogP contribution >= 0.6 is 8.46 Å². The highest BCUT2D eigenvalue weighted by Gasteiger charge is 2.42. The van der Waals surface area contributed by atoms with Gasteiger partial charge in [0.2, 0.25) is 5.91 Å². The summed E-state index contributed by atoms with van der Waals surface area (Å²) in [5, 5.41) is 18.1. The maximum absolute atomic E-state index is 11.5. The fourth-order valence-corrected chi connectivity index (χ4v) is 4.15. The first kappa shape index (κ1) is 27.0. The lowest BCUT2D eigenvalue weighted by Crippen LogP contribution is -2.38. The number of aliphatic carboxylic acids is 1. The number of aliphatic hydroxyl groups is 1. The molecule has 0 aromatic heterocycles. The largest absolute Gasteiger partial charge is 0.481 e. The Balaban J connectivity index is 4.39. The third kappa shape index (κ3) is 11.8. The van der Waals surface area contributed by atoms with Crippen molar-refractivity contribution in [3.63, 3.8) is 0 Å². The topological polar surface area (TPSA) is 118 Å². The van der Waals surface area contributed by atoms with Crippen LogP contribution in [0.5, 0.6) is 0 Å². The maximum atomic E-state index is 11.5. The Morgan fingerprint density at radius 3 is 1.86 bits per heavy atom. The molecule has 28 heavy (non-hydrogen) atoms. The summed E-state index contributed by atoms with van der Waals surface area (Å²) < 4.78 is 11.5. The van der Waals surface area contributed by atoms with Gasteiger partial charge in [0.1, 0.15) is 0 Å². The second kappa shape index (κ2) is 14.1. The number of hydrogen-bond donors (Lipinski definition) is 3. The molecule has 1 amide bonds. The van der Waals surface area contributed by atoms with Gasteiger partial charge in [-0.3, -0.25) is 14.2 Å². The Morgan fingerprint density at radius 2 is 1.43 bits per heavy atom. The van der Waals surface area contributed by atoms with E-state index in [1.807, 2.05) is 0 Å². The fraction of sp³-hybridized carbons (Fsp3) is 0.905. The van der Waals surface area contributed by atoms with E-state index in [-0.39, 0.29) is 19.3 Å². The molecule has 4 atom stereocenters. The van der Waals surface area contributed by atoms with Gasteiger partial charge in [0.05, 0.1) is 5.92 Å². The van der Waals surface area contributed by atoms with E-state index in [4.69, 9.17) is 5.73 Å². The minimum Gasteiger partial charge on any atom is -0.481 e. The highest BCUT2D eigenvalue weighted by Crippen LogP contribution is 2.38. The van der Waals surface area contributed by atoms with Gasteiger partial charge in [-0.2, -0.15) is 0 Å². The van der Waals surface area contributed by atoms with Crippen LogP contribution in [0.1, 0.15) is 91.9 Å². The zero-order chi connectivity index (χ0) is 21.7. The minimum atomic E-state index is -1.86. The number of carbonyl (C=O) groups is 2. The van der Waals surface area contributed by atoms with Gasteiger partial charge in [0, 0.05) is 6.42 Å². The van der Waals surface area contributed by atoms with Crippen LogP contribution in [0.4, 0.5) is 0 Å². The molecule has 0 bridgehead atoms. The molecule has 0 fully saturated rings. The van der Waals surface area contributed by atoms with Crippen molar-refractivity contribution < 1.29 is 24.4 Å². The molecule has 0 saturated heterocycles. The average molecular weight is 418 g/mol. The summed E-state index contributed by atoms with van der Waals surface area (Å²) >= 11 is 0. The zero-order valence-electron chi connectivity index (χ0n) is 18.0. The van der Waals surface area contributed by atoms with Crippen LogP contribution in [0.25, 0.3) is 0 Å². The van der Waals surface area contributed by atoms with Crippen molar-refractivity contribution in [2.24, 2.45) is 29.4 Å². The number of carboxylic acids is 1. The molecule has 0 aliphatic rings. The van der Waals surface area contributed by atoms with Gasteiger partial charge in [0.15, 0.2) is 13.8 Å². The number of primary amides is 1. The first-order chi connectivity index (χ1) is 13.0. The molecule has 0 radical (unpaired) electrons. The second-order valence-electron chi connectivity index (χ2n) is 8.87. The van der Waals surface area contributed by atoms with Crippen LogP contribution in [0.15, 0.2) is 0 Å². The molecule has 0 aromatic rings. The first-order valence-corrected chi connectivity index (χ1v) is 11.4. The quantitative estimate of drug-likeness (QED) is 0.288. The van der Waals surface area contributed by atoms with Gasteiger partial charge >= 0.3 is 5.97 Å². The van der Waals surface area contributed by atoms with E-state index in [9.17, 15) is 24.4 Å². The van der Waals surface area contributed by atoms with Crippen LogP contribution in [0.2, 0.25) is 0 Å². The van der Waals surface area contributed by atoms with Crippen molar-refractivity contribution in [2.45, 2.75) is 97.2 Å². The van der Waals surface area contributed by atoms with Gasteiger partial charge in [-0.25, -0.2) is 0 Å². The van der Waals surface area contributed by atoms with Gasteiger partial charge in [0.25, 0.3) is 0 Å². The van der Waals surface area contributed by atoms with E-state index in [1.165, 1.54) is 25.7 Å². The van der Waals surface area contributed by atoms with Crippen molar-refractivity contribution in [1.82, 2.24) is 0 Å². The molecule has 6 nitrogen and oxygen atoms in total. The maximum Gasteiger partial charge on any atom is 0.310 e. The normalized spacial score (nSPS) is 17.2. The fourth-order valence-electron chi connectivity index (χ4n) is 3.56. The Morgan fingerprint density at radius 1 is 0.929 bits per heavy atom. The summed E-state index contributed by atoms with van der Waals surface area (Å²) in [5.74, 6) is -1.40. The molecule has 4 unspecified atom stereocenters. The number of hydrogen-bond acceptors (Lipinski definition) is 4. The van der Waals surface area contributed by atoms with Gasteiger partial charge in [-0.15, -0.1) is 0 Å². The van der Waals surface area contributed by atoms with E-state index in [0.29, 0.717) is 18.3 Å². The average Bonchev–Trinajstić information content (AvgIpc) is 2.59. The summed E-state index contributed by atoms with van der Waals surface area (Å²) in [6.07, 6.45) is 7.51. The second-order valence-corrected chi connectivity index (χ2v) is 9.83. The van der Waals surface area contributed by atoms with Gasteiger partial charge in [-0.1, -0.05) is 66.2 Å². The SMILES string of the molecule is CC(C)CCCC(C)CCCC(C)CCC(O)(P=O)C(CCC(N)=O)C(=O)O.